The number of imide groups is 1. The lowest BCUT2D eigenvalue weighted by molar-refractivity contribution is -0.125. The number of nitrogens with one attached hydrogen (secondary N) is 4. The fourth-order valence-corrected chi connectivity index (χ4v) is 7.14. The quantitative estimate of drug-likeness (QED) is 0.105. The first-order chi connectivity index (χ1) is 30.4. The lowest BCUT2D eigenvalue weighted by Gasteiger charge is -2.47. The summed E-state index contributed by atoms with van der Waals surface area (Å²) in [6, 6.07) is 13.1. The van der Waals surface area contributed by atoms with Gasteiger partial charge in [0.05, 0.1) is 24.0 Å². The first-order valence-corrected chi connectivity index (χ1v) is 20.8. The molecule has 3 amide bonds. The number of hydrogen-bond acceptors (Lipinski definition) is 16. The highest BCUT2D eigenvalue weighted by Gasteiger charge is 2.35. The van der Waals surface area contributed by atoms with E-state index in [0.717, 1.165) is 75.2 Å². The molecule has 4 heterocycles. The predicted molar refractivity (Wildman–Crippen MR) is 241 cm³/mol. The Hall–Kier alpha value is -6.60. The molecular formula is C44H60N12O7. The minimum absolute atomic E-state index is 0.167. The molecule has 2 aliphatic rings. The smallest absolute Gasteiger partial charge is 0.273 e. The third-order valence-corrected chi connectivity index (χ3v) is 11.2. The lowest BCUT2D eigenvalue weighted by atomic mass is 9.79. The van der Waals surface area contributed by atoms with E-state index in [1.165, 1.54) is 19.9 Å². The van der Waals surface area contributed by atoms with Crippen molar-refractivity contribution in [2.24, 2.45) is 18.9 Å². The summed E-state index contributed by atoms with van der Waals surface area (Å²) in [7, 11) is 10.5. The second kappa shape index (κ2) is 24.7. The molecule has 4 N–H and O–H groups in total. The van der Waals surface area contributed by atoms with Gasteiger partial charge in [-0.3, -0.25) is 34.0 Å². The molecule has 63 heavy (non-hydrogen) atoms. The molecule has 0 aliphatic carbocycles. The Morgan fingerprint density at radius 2 is 1.68 bits per heavy atom. The standard InChI is InChI=1S/C19H24N2O3.C17H20N8O2.C8H16N2O2/c22-9-1-6-20-7-4-15(5-8-20)18-11-21(12-18)19-3-2-16(13-23)17(10-19)14-24;1-18-13-8-12(14(23-22-13)17(26)19-2)21-11-7-5-6-10(15(11)27-4)16-20-9-25(3)24-16;1-7(10(2)3)4-5-8(12)9-6-11/h2-3,9-10,13-15,18H,1,4-8,11-12H2;5-9H,1-4H3,(H,19,26)(H2,18,21,22);6-7H,4-5H2,1-3H3,(H,9,11,12). The van der Waals surface area contributed by atoms with Crippen molar-refractivity contribution >= 4 is 60.0 Å². The second-order valence-electron chi connectivity index (χ2n) is 15.5. The van der Waals surface area contributed by atoms with Crippen molar-refractivity contribution < 1.29 is 33.5 Å². The van der Waals surface area contributed by atoms with E-state index < -0.39 is 0 Å². The molecule has 338 valence electrons. The monoisotopic (exact) mass is 868 g/mol. The van der Waals surface area contributed by atoms with Crippen molar-refractivity contribution in [3.05, 3.63) is 65.6 Å². The fourth-order valence-electron chi connectivity index (χ4n) is 7.14. The first-order valence-electron chi connectivity index (χ1n) is 20.8. The van der Waals surface area contributed by atoms with Crippen LogP contribution in [0.4, 0.5) is 22.9 Å². The lowest BCUT2D eigenvalue weighted by Crippen LogP contribution is -2.52. The Bertz CT molecular complexity index is 2150. The van der Waals surface area contributed by atoms with Gasteiger partial charge in [0.2, 0.25) is 12.3 Å². The molecule has 2 aliphatic heterocycles. The van der Waals surface area contributed by atoms with Crippen LogP contribution in [0.3, 0.4) is 0 Å². The number of aldehydes is 3. The summed E-state index contributed by atoms with van der Waals surface area (Å²) in [5.74, 6) is 2.51. The highest BCUT2D eigenvalue weighted by atomic mass is 16.5. The number of piperidine rings is 1. The number of aryl methyl sites for hydroxylation is 1. The van der Waals surface area contributed by atoms with Crippen LogP contribution in [-0.2, 0) is 21.4 Å². The highest BCUT2D eigenvalue weighted by molar-refractivity contribution is 5.99. The molecule has 0 bridgehead atoms. The van der Waals surface area contributed by atoms with E-state index in [1.807, 2.05) is 56.3 Å². The summed E-state index contributed by atoms with van der Waals surface area (Å²) in [6.45, 7) is 7.17. The molecular weight excluding hydrogens is 809 g/mol. The number of methoxy groups -OCH3 is 1. The molecule has 2 saturated heterocycles. The Morgan fingerprint density at radius 3 is 2.27 bits per heavy atom. The van der Waals surface area contributed by atoms with E-state index in [0.29, 0.717) is 71.1 Å². The molecule has 2 aromatic heterocycles. The van der Waals surface area contributed by atoms with Crippen LogP contribution in [0, 0.1) is 11.8 Å². The molecule has 0 spiro atoms. The van der Waals surface area contributed by atoms with E-state index in [4.69, 9.17) is 4.74 Å². The van der Waals surface area contributed by atoms with Crippen LogP contribution in [0.15, 0.2) is 48.8 Å². The molecule has 0 saturated carbocycles. The van der Waals surface area contributed by atoms with Gasteiger partial charge >= 0.3 is 0 Å². The van der Waals surface area contributed by atoms with Gasteiger partial charge in [-0.15, -0.1) is 10.2 Å². The number of para-hydroxylation sites is 1. The van der Waals surface area contributed by atoms with Crippen molar-refractivity contribution in [1.82, 2.24) is 45.4 Å². The number of benzene rings is 2. The number of hydrogen-bond donors (Lipinski definition) is 4. The maximum Gasteiger partial charge on any atom is 0.273 e. The summed E-state index contributed by atoms with van der Waals surface area (Å²) in [5, 5.41) is 23.1. The first kappa shape index (κ1) is 49.1. The molecule has 2 fully saturated rings. The zero-order chi connectivity index (χ0) is 45.9. The van der Waals surface area contributed by atoms with Crippen molar-refractivity contribution in [2.45, 2.75) is 45.1 Å². The minimum atomic E-state index is -0.353. The van der Waals surface area contributed by atoms with E-state index in [-0.39, 0.29) is 17.5 Å². The molecule has 2 aromatic carbocycles. The number of likely N-dealkylation sites (tertiary alicyclic amines) is 1. The third-order valence-electron chi connectivity index (χ3n) is 11.2. The number of aromatic nitrogens is 5. The van der Waals surface area contributed by atoms with Gasteiger partial charge in [0.25, 0.3) is 5.91 Å². The van der Waals surface area contributed by atoms with Gasteiger partial charge in [-0.2, -0.15) is 5.10 Å². The Balaban J connectivity index is 0.000000223. The van der Waals surface area contributed by atoms with Crippen molar-refractivity contribution in [3.8, 4) is 17.1 Å². The number of amides is 3. The highest BCUT2D eigenvalue weighted by Crippen LogP contribution is 2.37. The van der Waals surface area contributed by atoms with Gasteiger partial charge < -0.3 is 40.2 Å². The van der Waals surface area contributed by atoms with Gasteiger partial charge in [0, 0.05) is 82.5 Å². The Morgan fingerprint density at radius 1 is 0.952 bits per heavy atom. The van der Waals surface area contributed by atoms with Crippen LogP contribution < -0.4 is 30.9 Å². The average molecular weight is 869 g/mol. The molecule has 19 heteroatoms. The van der Waals surface area contributed by atoms with E-state index in [9.17, 15) is 28.8 Å². The van der Waals surface area contributed by atoms with Crippen LogP contribution in [0.1, 0.15) is 70.2 Å². The number of nitrogens with zero attached hydrogens (tertiary/aromatic N) is 8. The summed E-state index contributed by atoms with van der Waals surface area (Å²) >= 11 is 0. The predicted octanol–water partition coefficient (Wildman–Crippen LogP) is 3.46. The van der Waals surface area contributed by atoms with Crippen molar-refractivity contribution in [3.63, 3.8) is 0 Å². The topological polar surface area (TPSA) is 226 Å². The Kier molecular flexibility index (Phi) is 19.3. The summed E-state index contributed by atoms with van der Waals surface area (Å²) < 4.78 is 7.21. The molecule has 19 nitrogen and oxygen atoms in total. The van der Waals surface area contributed by atoms with Crippen LogP contribution >= 0.6 is 0 Å². The van der Waals surface area contributed by atoms with Gasteiger partial charge in [0.15, 0.2) is 35.7 Å². The third kappa shape index (κ3) is 14.0. The maximum atomic E-state index is 12.1. The summed E-state index contributed by atoms with van der Waals surface area (Å²) in [6.07, 6.45) is 8.74. The average Bonchev–Trinajstić information content (AvgIpc) is 3.73. The van der Waals surface area contributed by atoms with Crippen LogP contribution in [0.5, 0.6) is 5.75 Å². The van der Waals surface area contributed by atoms with Gasteiger partial charge in [-0.05, 0) is 95.5 Å². The fraction of sp³-hybridized carbons (Fsp3) is 0.455. The molecule has 6 rings (SSSR count). The zero-order valence-electron chi connectivity index (χ0n) is 37.2. The van der Waals surface area contributed by atoms with Crippen molar-refractivity contribution in [2.75, 3.05) is 83.6 Å². The zero-order valence-corrected chi connectivity index (χ0v) is 37.2. The number of carbonyl (C=O) groups is 6. The van der Waals surface area contributed by atoms with Gasteiger partial charge in [-0.25, -0.2) is 4.98 Å². The normalized spacial score (nSPS) is 14.4. The van der Waals surface area contributed by atoms with Crippen LogP contribution in [0.2, 0.25) is 0 Å². The number of rotatable bonds is 18. The Labute approximate surface area is 368 Å². The largest absolute Gasteiger partial charge is 0.494 e. The second-order valence-corrected chi connectivity index (χ2v) is 15.5. The van der Waals surface area contributed by atoms with Crippen LogP contribution in [0.25, 0.3) is 11.4 Å². The van der Waals surface area contributed by atoms with Crippen molar-refractivity contribution in [1.29, 1.82) is 0 Å². The van der Waals surface area contributed by atoms with E-state index in [1.54, 1.807) is 44.3 Å². The van der Waals surface area contributed by atoms with Gasteiger partial charge in [-0.1, -0.05) is 6.07 Å². The van der Waals surface area contributed by atoms with Gasteiger partial charge in [0.1, 0.15) is 12.6 Å². The van der Waals surface area contributed by atoms with E-state index >= 15 is 0 Å². The SMILES string of the molecule is CC(CCC(=O)NC=O)N(C)C.CNC(=O)c1nnc(NC)cc1Nc1cccc(-c2ncn(C)n2)c1OC.O=CCCN1CCC(C2CN(c3ccc(C=O)c(C=O)c3)C2)CC1. The summed E-state index contributed by atoms with van der Waals surface area (Å²) in [4.78, 5) is 76.2. The molecule has 1 atom stereocenters. The number of ether oxygens (including phenoxy) is 1. The minimum Gasteiger partial charge on any atom is -0.494 e. The molecule has 1 unspecified atom stereocenters. The molecule has 4 aromatic rings. The summed E-state index contributed by atoms with van der Waals surface area (Å²) in [5.41, 5.74) is 3.96. The van der Waals surface area contributed by atoms with E-state index in [2.05, 4.69) is 51.3 Å². The van der Waals surface area contributed by atoms with Crippen LogP contribution in [-0.4, -0.2) is 146 Å². The number of carbonyl (C=O) groups excluding carboxylic acids is 6. The maximum absolute atomic E-state index is 12.1. The number of anilines is 4. The molecule has 0 radical (unpaired) electrons.